The van der Waals surface area contributed by atoms with Gasteiger partial charge in [0.25, 0.3) is 5.56 Å². The van der Waals surface area contributed by atoms with E-state index < -0.39 is 5.69 Å². The van der Waals surface area contributed by atoms with Crippen molar-refractivity contribution in [2.45, 2.75) is 17.7 Å². The smallest absolute Gasteiger partial charge is 0.280 e. The molecule has 3 heterocycles. The van der Waals surface area contributed by atoms with E-state index in [1.807, 2.05) is 12.1 Å². The van der Waals surface area contributed by atoms with Crippen molar-refractivity contribution in [3.63, 3.8) is 0 Å². The van der Waals surface area contributed by atoms with E-state index in [-0.39, 0.29) is 5.56 Å². The average molecular weight is 329 g/mol. The Morgan fingerprint density at radius 3 is 2.65 bits per heavy atom. The van der Waals surface area contributed by atoms with Gasteiger partial charge >= 0.3 is 5.69 Å². The largest absolute Gasteiger partial charge is 0.332 e. The van der Waals surface area contributed by atoms with Gasteiger partial charge in [-0.05, 0) is 18.6 Å². The third kappa shape index (κ3) is 2.77. The van der Waals surface area contributed by atoms with Gasteiger partial charge in [0, 0.05) is 32.2 Å². The Hall–Kier alpha value is -2.48. The summed E-state index contributed by atoms with van der Waals surface area (Å²) in [5, 5.41) is 0.946. The lowest BCUT2D eigenvalue weighted by Gasteiger charge is -2.10. The molecule has 0 saturated heterocycles. The zero-order chi connectivity index (χ0) is 16.6. The molecule has 0 aromatic carbocycles. The molecule has 3 aromatic heterocycles. The number of aromatic nitrogens is 5. The Balaban J connectivity index is 2.17. The van der Waals surface area contributed by atoms with Crippen LogP contribution in [0.5, 0.6) is 0 Å². The molecule has 7 nitrogen and oxygen atoms in total. The Morgan fingerprint density at radius 1 is 1.17 bits per heavy atom. The van der Waals surface area contributed by atoms with Crippen LogP contribution in [0.25, 0.3) is 11.0 Å². The minimum Gasteiger partial charge on any atom is -0.280 e. The predicted octanol–water partition coefficient (Wildman–Crippen LogP) is 1.02. The van der Waals surface area contributed by atoms with E-state index in [4.69, 9.17) is 0 Å². The highest BCUT2D eigenvalue weighted by atomic mass is 32.2. The van der Waals surface area contributed by atoms with Gasteiger partial charge in [-0.3, -0.25) is 18.9 Å². The second-order valence-corrected chi connectivity index (χ2v) is 6.09. The van der Waals surface area contributed by atoms with Crippen molar-refractivity contribution in [1.29, 1.82) is 0 Å². The van der Waals surface area contributed by atoms with Crippen LogP contribution in [-0.2, 0) is 19.8 Å². The molecule has 23 heavy (non-hydrogen) atoms. The summed E-state index contributed by atoms with van der Waals surface area (Å²) in [6.07, 6.45) is 3.49. The van der Waals surface area contributed by atoms with Crippen molar-refractivity contribution >= 4 is 22.8 Å². The molecule has 118 valence electrons. The maximum absolute atomic E-state index is 12.5. The first-order chi connectivity index (χ1) is 11.0. The summed E-state index contributed by atoms with van der Waals surface area (Å²) in [5.41, 5.74) is 0.614. The predicted molar refractivity (Wildman–Crippen MR) is 88.6 cm³/mol. The van der Waals surface area contributed by atoms with E-state index >= 15 is 0 Å². The third-order valence-corrected chi connectivity index (χ3v) is 4.52. The summed E-state index contributed by atoms with van der Waals surface area (Å²) in [7, 11) is 3.06. The monoisotopic (exact) mass is 329 g/mol. The van der Waals surface area contributed by atoms with Crippen LogP contribution in [0.4, 0.5) is 0 Å². The van der Waals surface area contributed by atoms with Gasteiger partial charge in [-0.1, -0.05) is 6.07 Å². The van der Waals surface area contributed by atoms with Crippen molar-refractivity contribution in [2.75, 3.05) is 0 Å². The molecule has 0 radical (unpaired) electrons. The summed E-state index contributed by atoms with van der Waals surface area (Å²) >= 11 is 1.43. The molecule has 3 rings (SSSR count). The summed E-state index contributed by atoms with van der Waals surface area (Å²) in [5.74, 6) is 1.15. The summed E-state index contributed by atoms with van der Waals surface area (Å²) in [4.78, 5) is 37.3. The molecule has 0 N–H and O–H groups in total. The van der Waals surface area contributed by atoms with Gasteiger partial charge in [0.2, 0.25) is 0 Å². The molecule has 0 aliphatic rings. The van der Waals surface area contributed by atoms with Gasteiger partial charge in [0.1, 0.15) is 16.2 Å². The Kier molecular flexibility index (Phi) is 3.99. The topological polar surface area (TPSA) is 82.7 Å². The fraction of sp³-hybridized carbons (Fsp3) is 0.267. The first-order valence-electron chi connectivity index (χ1n) is 6.95. The number of nitrogens with zero attached hydrogens (tertiary/aromatic N) is 5. The van der Waals surface area contributed by atoms with Crippen LogP contribution in [0.2, 0.25) is 0 Å². The van der Waals surface area contributed by atoms with E-state index in [0.717, 1.165) is 10.1 Å². The molecular formula is C15H15N5O2S. The third-order valence-electron chi connectivity index (χ3n) is 3.48. The maximum atomic E-state index is 12.5. The lowest BCUT2D eigenvalue weighted by molar-refractivity contribution is 0.701. The number of pyridine rings is 1. The first-order valence-corrected chi connectivity index (χ1v) is 7.93. The molecule has 8 heteroatoms. The van der Waals surface area contributed by atoms with Gasteiger partial charge in [0.05, 0.1) is 0 Å². The van der Waals surface area contributed by atoms with Crippen molar-refractivity contribution in [3.05, 3.63) is 56.8 Å². The van der Waals surface area contributed by atoms with E-state index in [2.05, 4.69) is 15.0 Å². The second kappa shape index (κ2) is 5.96. The number of thioether (sulfide) groups is 1. The normalized spacial score (nSPS) is 11.1. The average Bonchev–Trinajstić information content (AvgIpc) is 2.56. The van der Waals surface area contributed by atoms with Crippen molar-refractivity contribution in [2.24, 2.45) is 14.1 Å². The molecular weight excluding hydrogens is 314 g/mol. The van der Waals surface area contributed by atoms with E-state index in [9.17, 15) is 9.59 Å². The quantitative estimate of drug-likeness (QED) is 0.527. The summed E-state index contributed by atoms with van der Waals surface area (Å²) in [6.45, 7) is 1.75. The molecule has 0 unspecified atom stereocenters. The SMILES string of the molecule is Cc1nc(SCc2cccnc2)c2c(=O)n(C)c(=O)n(C)c2n1. The van der Waals surface area contributed by atoms with Crippen LogP contribution >= 0.6 is 11.8 Å². The number of aryl methyl sites for hydroxylation is 2. The zero-order valence-electron chi connectivity index (χ0n) is 13.0. The minimum atomic E-state index is -0.399. The van der Waals surface area contributed by atoms with Crippen LogP contribution in [-0.4, -0.2) is 24.1 Å². The Labute approximate surface area is 136 Å². The lowest BCUT2D eigenvalue weighted by Crippen LogP contribution is -2.37. The molecule has 0 fully saturated rings. The molecule has 3 aromatic rings. The van der Waals surface area contributed by atoms with Crippen molar-refractivity contribution in [3.8, 4) is 0 Å². The van der Waals surface area contributed by atoms with Crippen LogP contribution < -0.4 is 11.2 Å². The molecule has 0 aliphatic heterocycles. The fourth-order valence-corrected chi connectivity index (χ4v) is 3.27. The molecule has 0 spiro atoms. The highest BCUT2D eigenvalue weighted by Crippen LogP contribution is 2.25. The van der Waals surface area contributed by atoms with Gasteiger partial charge < -0.3 is 0 Å². The Bertz CT molecular complexity index is 995. The second-order valence-electron chi connectivity index (χ2n) is 5.13. The van der Waals surface area contributed by atoms with Gasteiger partial charge in [-0.25, -0.2) is 14.8 Å². The van der Waals surface area contributed by atoms with Gasteiger partial charge in [-0.15, -0.1) is 11.8 Å². The van der Waals surface area contributed by atoms with Crippen LogP contribution in [0, 0.1) is 6.92 Å². The summed E-state index contributed by atoms with van der Waals surface area (Å²) in [6, 6.07) is 3.83. The molecule has 0 aliphatic carbocycles. The molecule has 0 atom stereocenters. The standard InChI is InChI=1S/C15H15N5O2S/c1-9-17-12-11(14(21)20(3)15(22)19(12)2)13(18-9)23-8-10-5-4-6-16-7-10/h4-7H,8H2,1-3H3. The van der Waals surface area contributed by atoms with Crippen LogP contribution in [0.15, 0.2) is 39.1 Å². The number of hydrogen-bond acceptors (Lipinski definition) is 6. The van der Waals surface area contributed by atoms with Gasteiger partial charge in [0.15, 0.2) is 5.65 Å². The maximum Gasteiger partial charge on any atom is 0.332 e. The van der Waals surface area contributed by atoms with E-state index in [1.165, 1.54) is 23.4 Å². The minimum absolute atomic E-state index is 0.360. The molecule has 0 saturated carbocycles. The van der Waals surface area contributed by atoms with Crippen molar-refractivity contribution in [1.82, 2.24) is 24.1 Å². The van der Waals surface area contributed by atoms with Crippen molar-refractivity contribution < 1.29 is 0 Å². The highest BCUT2D eigenvalue weighted by Gasteiger charge is 2.16. The van der Waals surface area contributed by atoms with Crippen LogP contribution in [0.1, 0.15) is 11.4 Å². The number of fused-ring (bicyclic) bond motifs is 1. The molecule has 0 amide bonds. The van der Waals surface area contributed by atoms with E-state index in [1.54, 1.807) is 26.4 Å². The van der Waals surface area contributed by atoms with E-state index in [0.29, 0.717) is 27.6 Å². The van der Waals surface area contributed by atoms with Gasteiger partial charge in [-0.2, -0.15) is 0 Å². The summed E-state index contributed by atoms with van der Waals surface area (Å²) < 4.78 is 2.45. The first kappa shape index (κ1) is 15.4. The fourth-order valence-electron chi connectivity index (χ4n) is 2.27. The lowest BCUT2D eigenvalue weighted by atomic mass is 10.3. The highest BCUT2D eigenvalue weighted by molar-refractivity contribution is 7.98. The molecule has 0 bridgehead atoms. The van der Waals surface area contributed by atoms with Crippen LogP contribution in [0.3, 0.4) is 0 Å². The number of hydrogen-bond donors (Lipinski definition) is 0. The zero-order valence-corrected chi connectivity index (χ0v) is 13.8. The number of rotatable bonds is 3. The Morgan fingerprint density at radius 2 is 1.96 bits per heavy atom.